The van der Waals surface area contributed by atoms with Crippen molar-refractivity contribution in [2.45, 2.75) is 26.3 Å². The van der Waals surface area contributed by atoms with E-state index in [2.05, 4.69) is 5.32 Å². The number of carbonyl (C=O) groups excluding carboxylic acids is 2. The molecule has 0 fully saturated rings. The summed E-state index contributed by atoms with van der Waals surface area (Å²) < 4.78 is 0. The molecule has 0 radical (unpaired) electrons. The third-order valence-electron chi connectivity index (χ3n) is 2.57. The second-order valence-electron chi connectivity index (χ2n) is 3.96. The van der Waals surface area contributed by atoms with E-state index in [1.807, 2.05) is 13.8 Å². The minimum absolute atomic E-state index is 0.163. The van der Waals surface area contributed by atoms with Gasteiger partial charge in [-0.05, 0) is 13.3 Å². The molecule has 1 aromatic carbocycles. The lowest BCUT2D eigenvalue weighted by molar-refractivity contribution is -0.118. The summed E-state index contributed by atoms with van der Waals surface area (Å²) in [7, 11) is 0. The molecule has 17 heavy (non-hydrogen) atoms. The van der Waals surface area contributed by atoms with Crippen molar-refractivity contribution in [3.8, 4) is 0 Å². The van der Waals surface area contributed by atoms with E-state index in [4.69, 9.17) is 5.11 Å². The molecule has 0 saturated carbocycles. The van der Waals surface area contributed by atoms with Gasteiger partial charge in [0.15, 0.2) is 0 Å². The number of aliphatic hydroxyl groups is 1. The standard InChI is InChI=1S/C13H17NO3/c1-3-11(8-15)14-13(17)12(16)10-6-4-9(2)5-7-10/h4-7,11,15H,3,8H2,1-2H3,(H,14,17). The van der Waals surface area contributed by atoms with Gasteiger partial charge in [0.05, 0.1) is 12.6 Å². The van der Waals surface area contributed by atoms with E-state index in [1.54, 1.807) is 24.3 Å². The van der Waals surface area contributed by atoms with E-state index in [0.717, 1.165) is 5.56 Å². The van der Waals surface area contributed by atoms with E-state index in [0.29, 0.717) is 12.0 Å². The van der Waals surface area contributed by atoms with Crippen molar-refractivity contribution < 1.29 is 14.7 Å². The first-order valence-electron chi connectivity index (χ1n) is 5.61. The van der Waals surface area contributed by atoms with Gasteiger partial charge in [0.2, 0.25) is 5.78 Å². The van der Waals surface area contributed by atoms with Gasteiger partial charge in [-0.15, -0.1) is 0 Å². The van der Waals surface area contributed by atoms with Crippen molar-refractivity contribution in [3.05, 3.63) is 35.4 Å². The molecule has 0 saturated heterocycles. The number of rotatable bonds is 5. The Hall–Kier alpha value is -1.68. The van der Waals surface area contributed by atoms with Gasteiger partial charge in [-0.25, -0.2) is 0 Å². The minimum Gasteiger partial charge on any atom is -0.394 e. The number of carbonyl (C=O) groups is 2. The topological polar surface area (TPSA) is 66.4 Å². The molecule has 1 atom stereocenters. The molecule has 0 aromatic heterocycles. The van der Waals surface area contributed by atoms with Gasteiger partial charge in [-0.3, -0.25) is 9.59 Å². The molecule has 1 amide bonds. The van der Waals surface area contributed by atoms with Crippen LogP contribution in [0.5, 0.6) is 0 Å². The summed E-state index contributed by atoms with van der Waals surface area (Å²) in [5.41, 5.74) is 1.39. The maximum atomic E-state index is 11.7. The van der Waals surface area contributed by atoms with Crippen molar-refractivity contribution in [2.24, 2.45) is 0 Å². The summed E-state index contributed by atoms with van der Waals surface area (Å²) in [6.07, 6.45) is 0.587. The zero-order chi connectivity index (χ0) is 12.8. The van der Waals surface area contributed by atoms with E-state index < -0.39 is 11.7 Å². The molecule has 92 valence electrons. The maximum absolute atomic E-state index is 11.7. The number of Topliss-reactive ketones (excluding diaryl/α,β-unsaturated/α-hetero) is 1. The van der Waals surface area contributed by atoms with Crippen LogP contribution in [0.15, 0.2) is 24.3 Å². The van der Waals surface area contributed by atoms with Gasteiger partial charge in [0, 0.05) is 5.56 Å². The Morgan fingerprint density at radius 3 is 2.35 bits per heavy atom. The summed E-state index contributed by atoms with van der Waals surface area (Å²) in [5.74, 6) is -1.24. The summed E-state index contributed by atoms with van der Waals surface area (Å²) in [6, 6.07) is 6.44. The molecule has 0 heterocycles. The number of hydrogen-bond donors (Lipinski definition) is 2. The van der Waals surface area contributed by atoms with Gasteiger partial charge in [-0.1, -0.05) is 36.8 Å². The third kappa shape index (κ3) is 3.67. The van der Waals surface area contributed by atoms with Crippen LogP contribution in [-0.4, -0.2) is 29.4 Å². The average molecular weight is 235 g/mol. The van der Waals surface area contributed by atoms with Crippen molar-refractivity contribution in [3.63, 3.8) is 0 Å². The molecule has 1 rings (SSSR count). The molecule has 4 heteroatoms. The fourth-order valence-corrected chi connectivity index (χ4v) is 1.36. The molecule has 1 aromatic rings. The lowest BCUT2D eigenvalue weighted by Gasteiger charge is -2.13. The van der Waals surface area contributed by atoms with Crippen LogP contribution >= 0.6 is 0 Å². The van der Waals surface area contributed by atoms with Crippen LogP contribution in [0.25, 0.3) is 0 Å². The highest BCUT2D eigenvalue weighted by molar-refractivity contribution is 6.42. The Morgan fingerprint density at radius 2 is 1.88 bits per heavy atom. The van der Waals surface area contributed by atoms with E-state index in [9.17, 15) is 9.59 Å². The van der Waals surface area contributed by atoms with E-state index >= 15 is 0 Å². The highest BCUT2D eigenvalue weighted by atomic mass is 16.3. The second-order valence-corrected chi connectivity index (χ2v) is 3.96. The molecule has 0 aliphatic rings. The van der Waals surface area contributed by atoms with Crippen LogP contribution in [0, 0.1) is 6.92 Å². The van der Waals surface area contributed by atoms with Crippen LogP contribution in [-0.2, 0) is 4.79 Å². The maximum Gasteiger partial charge on any atom is 0.292 e. The Bertz CT molecular complexity index is 394. The molecule has 1 unspecified atom stereocenters. The number of aryl methyl sites for hydroxylation is 1. The van der Waals surface area contributed by atoms with Crippen molar-refractivity contribution in [1.82, 2.24) is 5.32 Å². The van der Waals surface area contributed by atoms with Crippen molar-refractivity contribution >= 4 is 11.7 Å². The van der Waals surface area contributed by atoms with Gasteiger partial charge >= 0.3 is 0 Å². The van der Waals surface area contributed by atoms with Crippen molar-refractivity contribution in [2.75, 3.05) is 6.61 Å². The average Bonchev–Trinajstić information content (AvgIpc) is 2.35. The van der Waals surface area contributed by atoms with Gasteiger partial charge < -0.3 is 10.4 Å². The normalized spacial score (nSPS) is 11.9. The first kappa shape index (κ1) is 13.4. The molecular weight excluding hydrogens is 218 g/mol. The fraction of sp³-hybridized carbons (Fsp3) is 0.385. The quantitative estimate of drug-likeness (QED) is 0.592. The van der Waals surface area contributed by atoms with Crippen molar-refractivity contribution in [1.29, 1.82) is 0 Å². The highest BCUT2D eigenvalue weighted by Crippen LogP contribution is 2.04. The lowest BCUT2D eigenvalue weighted by atomic mass is 10.1. The largest absolute Gasteiger partial charge is 0.394 e. The van der Waals surface area contributed by atoms with Crippen LogP contribution < -0.4 is 5.32 Å². The fourth-order valence-electron chi connectivity index (χ4n) is 1.36. The first-order chi connectivity index (χ1) is 8.08. The van der Waals surface area contributed by atoms with Crippen LogP contribution in [0.4, 0.5) is 0 Å². The Kier molecular flexibility index (Phi) is 4.84. The van der Waals surface area contributed by atoms with E-state index in [1.165, 1.54) is 0 Å². The SMILES string of the molecule is CCC(CO)NC(=O)C(=O)c1ccc(C)cc1. The van der Waals surface area contributed by atoms with Gasteiger partial charge in [0.1, 0.15) is 0 Å². The Balaban J connectivity index is 2.70. The molecule has 0 bridgehead atoms. The number of nitrogens with one attached hydrogen (secondary N) is 1. The molecular formula is C13H17NO3. The van der Waals surface area contributed by atoms with Crippen LogP contribution in [0.3, 0.4) is 0 Å². The zero-order valence-electron chi connectivity index (χ0n) is 10.1. The van der Waals surface area contributed by atoms with E-state index in [-0.39, 0.29) is 12.6 Å². The molecule has 0 spiro atoms. The number of hydrogen-bond acceptors (Lipinski definition) is 3. The summed E-state index contributed by atoms with van der Waals surface area (Å²) >= 11 is 0. The predicted octanol–water partition coefficient (Wildman–Crippen LogP) is 1.06. The zero-order valence-corrected chi connectivity index (χ0v) is 10.1. The molecule has 4 nitrogen and oxygen atoms in total. The first-order valence-corrected chi connectivity index (χ1v) is 5.61. The highest BCUT2D eigenvalue weighted by Gasteiger charge is 2.18. The predicted molar refractivity (Wildman–Crippen MR) is 64.8 cm³/mol. The summed E-state index contributed by atoms with van der Waals surface area (Å²) in [5, 5.41) is 11.4. The number of ketones is 1. The number of amides is 1. The number of aliphatic hydroxyl groups excluding tert-OH is 1. The summed E-state index contributed by atoms with van der Waals surface area (Å²) in [4.78, 5) is 23.3. The monoisotopic (exact) mass is 235 g/mol. The third-order valence-corrected chi connectivity index (χ3v) is 2.57. The molecule has 0 aliphatic heterocycles. The molecule has 0 aliphatic carbocycles. The van der Waals surface area contributed by atoms with Crippen LogP contribution in [0.2, 0.25) is 0 Å². The van der Waals surface area contributed by atoms with Gasteiger partial charge in [0.25, 0.3) is 5.91 Å². The molecule has 2 N–H and O–H groups in total. The Morgan fingerprint density at radius 1 is 1.29 bits per heavy atom. The van der Waals surface area contributed by atoms with Gasteiger partial charge in [-0.2, -0.15) is 0 Å². The smallest absolute Gasteiger partial charge is 0.292 e. The minimum atomic E-state index is -0.672. The van der Waals surface area contributed by atoms with Crippen LogP contribution in [0.1, 0.15) is 29.3 Å². The number of benzene rings is 1. The summed E-state index contributed by atoms with van der Waals surface area (Å²) in [6.45, 7) is 3.58. The lowest BCUT2D eigenvalue weighted by Crippen LogP contribution is -2.40. The second kappa shape index (κ2) is 6.15. The Labute approximate surface area is 101 Å².